The molecule has 0 saturated carbocycles. The molecule has 17 heavy (non-hydrogen) atoms. The van der Waals surface area contributed by atoms with Crippen LogP contribution in [-0.2, 0) is 12.8 Å². The molecule has 0 radical (unpaired) electrons. The number of nitrogens with two attached hydrogens (primary N) is 2. The second-order valence-electron chi connectivity index (χ2n) is 4.34. The summed E-state index contributed by atoms with van der Waals surface area (Å²) in [5.41, 5.74) is 15.4. The maximum atomic E-state index is 5.90. The van der Waals surface area contributed by atoms with Crippen LogP contribution in [0, 0.1) is 0 Å². The van der Waals surface area contributed by atoms with E-state index in [4.69, 9.17) is 16.2 Å². The molecule has 2 aromatic rings. The zero-order valence-corrected chi connectivity index (χ0v) is 9.44. The largest absolute Gasteiger partial charge is 0.457 e. The van der Waals surface area contributed by atoms with Gasteiger partial charge in [0, 0.05) is 11.4 Å². The van der Waals surface area contributed by atoms with Crippen LogP contribution in [0.5, 0.6) is 11.5 Å². The number of rotatable bonds is 0. The predicted octanol–water partition coefficient (Wildman–Crippen LogP) is 2.74. The minimum absolute atomic E-state index is 0.776. The minimum atomic E-state index is 0.776. The van der Waals surface area contributed by atoms with Gasteiger partial charge in [0.2, 0.25) is 0 Å². The summed E-state index contributed by atoms with van der Waals surface area (Å²) in [6.07, 6.45) is 1.85. The van der Waals surface area contributed by atoms with Crippen LogP contribution in [0.15, 0.2) is 36.4 Å². The molecular formula is C14H14N2O. The molecule has 0 spiro atoms. The Kier molecular flexibility index (Phi) is 2.18. The molecule has 3 rings (SSSR count). The number of ether oxygens (including phenoxy) is 1. The molecule has 3 heteroatoms. The van der Waals surface area contributed by atoms with Gasteiger partial charge in [-0.2, -0.15) is 0 Å². The zero-order valence-electron chi connectivity index (χ0n) is 9.44. The lowest BCUT2D eigenvalue weighted by molar-refractivity contribution is 0.479. The number of fused-ring (bicyclic) bond motifs is 2. The van der Waals surface area contributed by atoms with Crippen LogP contribution < -0.4 is 16.2 Å². The first-order valence-corrected chi connectivity index (χ1v) is 5.67. The summed E-state index contributed by atoms with van der Waals surface area (Å²) >= 11 is 0. The van der Waals surface area contributed by atoms with E-state index in [2.05, 4.69) is 0 Å². The number of aryl methyl sites for hydroxylation is 2. The van der Waals surface area contributed by atoms with Gasteiger partial charge in [0.05, 0.1) is 0 Å². The van der Waals surface area contributed by atoms with Crippen molar-refractivity contribution in [3.63, 3.8) is 0 Å². The maximum absolute atomic E-state index is 5.90. The van der Waals surface area contributed by atoms with Crippen molar-refractivity contribution in [1.29, 1.82) is 0 Å². The summed E-state index contributed by atoms with van der Waals surface area (Å²) in [6, 6.07) is 11.5. The lowest BCUT2D eigenvalue weighted by atomic mass is 10.0. The molecule has 0 amide bonds. The normalized spacial score (nSPS) is 13.2. The fraction of sp³-hybridized carbons (Fsp3) is 0.143. The number of anilines is 2. The average Bonchev–Trinajstić information content (AvgIpc) is 2.48. The SMILES string of the molecule is Nc1ccc2c(c1)CCc1cc(N)ccc1O2. The number of hydrogen-bond acceptors (Lipinski definition) is 3. The van der Waals surface area contributed by atoms with Crippen LogP contribution in [0.25, 0.3) is 0 Å². The summed E-state index contributed by atoms with van der Waals surface area (Å²) in [4.78, 5) is 0. The Bertz CT molecular complexity index is 527. The maximum Gasteiger partial charge on any atom is 0.130 e. The highest BCUT2D eigenvalue weighted by atomic mass is 16.5. The third kappa shape index (κ3) is 1.80. The standard InChI is InChI=1S/C14H14N2O/c15-11-3-5-13-9(7-11)1-2-10-8-12(16)4-6-14(10)17-13/h3-8H,1-2,15-16H2. The Labute approximate surface area is 100 Å². The van der Waals surface area contributed by atoms with Gasteiger partial charge in [-0.3, -0.25) is 0 Å². The number of benzene rings is 2. The molecule has 1 aliphatic heterocycles. The van der Waals surface area contributed by atoms with Crippen LogP contribution in [0.1, 0.15) is 11.1 Å². The van der Waals surface area contributed by atoms with Gasteiger partial charge in [0.25, 0.3) is 0 Å². The Morgan fingerprint density at radius 2 is 1.24 bits per heavy atom. The first-order valence-electron chi connectivity index (χ1n) is 5.67. The van der Waals surface area contributed by atoms with E-state index in [1.165, 1.54) is 0 Å². The molecule has 0 aromatic heterocycles. The van der Waals surface area contributed by atoms with Gasteiger partial charge in [0.15, 0.2) is 0 Å². The van der Waals surface area contributed by atoms with Crippen molar-refractivity contribution in [2.45, 2.75) is 12.8 Å². The molecule has 0 atom stereocenters. The van der Waals surface area contributed by atoms with E-state index in [9.17, 15) is 0 Å². The van der Waals surface area contributed by atoms with Crippen molar-refractivity contribution in [2.24, 2.45) is 0 Å². The molecule has 0 saturated heterocycles. The monoisotopic (exact) mass is 226 g/mol. The molecule has 2 aromatic carbocycles. The Morgan fingerprint density at radius 1 is 0.765 bits per heavy atom. The molecule has 1 heterocycles. The van der Waals surface area contributed by atoms with Crippen LogP contribution in [0.2, 0.25) is 0 Å². The Balaban J connectivity index is 2.07. The predicted molar refractivity (Wildman–Crippen MR) is 69.2 cm³/mol. The molecule has 86 valence electrons. The highest BCUT2D eigenvalue weighted by Crippen LogP contribution is 2.35. The summed E-state index contributed by atoms with van der Waals surface area (Å²) in [7, 11) is 0. The Morgan fingerprint density at radius 3 is 1.71 bits per heavy atom. The van der Waals surface area contributed by atoms with Gasteiger partial charge >= 0.3 is 0 Å². The summed E-state index contributed by atoms with van der Waals surface area (Å²) < 4.78 is 5.90. The Hall–Kier alpha value is -2.16. The van der Waals surface area contributed by atoms with Crippen LogP contribution >= 0.6 is 0 Å². The van der Waals surface area contributed by atoms with Gasteiger partial charge in [0.1, 0.15) is 11.5 Å². The molecular weight excluding hydrogens is 212 g/mol. The van der Waals surface area contributed by atoms with Gasteiger partial charge in [-0.1, -0.05) is 0 Å². The lowest BCUT2D eigenvalue weighted by Crippen LogP contribution is -1.92. The molecule has 4 N–H and O–H groups in total. The fourth-order valence-corrected chi connectivity index (χ4v) is 2.18. The number of nitrogen functional groups attached to an aromatic ring is 2. The fourth-order valence-electron chi connectivity index (χ4n) is 2.18. The van der Waals surface area contributed by atoms with E-state index in [1.807, 2.05) is 36.4 Å². The molecule has 0 bridgehead atoms. The van der Waals surface area contributed by atoms with Crippen LogP contribution in [0.4, 0.5) is 11.4 Å². The van der Waals surface area contributed by atoms with E-state index in [-0.39, 0.29) is 0 Å². The van der Waals surface area contributed by atoms with E-state index in [1.54, 1.807) is 0 Å². The van der Waals surface area contributed by atoms with Gasteiger partial charge in [-0.25, -0.2) is 0 Å². The highest BCUT2D eigenvalue weighted by molar-refractivity contribution is 5.54. The molecule has 0 unspecified atom stereocenters. The van der Waals surface area contributed by atoms with Crippen molar-refractivity contribution in [2.75, 3.05) is 11.5 Å². The number of hydrogen-bond donors (Lipinski definition) is 2. The van der Waals surface area contributed by atoms with E-state index >= 15 is 0 Å². The van der Waals surface area contributed by atoms with Crippen molar-refractivity contribution >= 4 is 11.4 Å². The van der Waals surface area contributed by atoms with Gasteiger partial charge < -0.3 is 16.2 Å². The van der Waals surface area contributed by atoms with E-state index in [0.717, 1.165) is 46.8 Å². The van der Waals surface area contributed by atoms with Gasteiger partial charge in [-0.15, -0.1) is 0 Å². The summed E-state index contributed by atoms with van der Waals surface area (Å²) in [5.74, 6) is 1.78. The van der Waals surface area contributed by atoms with E-state index in [0.29, 0.717) is 0 Å². The van der Waals surface area contributed by atoms with Crippen molar-refractivity contribution in [3.05, 3.63) is 47.5 Å². The van der Waals surface area contributed by atoms with Crippen molar-refractivity contribution < 1.29 is 4.74 Å². The molecule has 3 nitrogen and oxygen atoms in total. The van der Waals surface area contributed by atoms with Crippen molar-refractivity contribution in [1.82, 2.24) is 0 Å². The highest BCUT2D eigenvalue weighted by Gasteiger charge is 2.14. The first-order chi connectivity index (χ1) is 8.22. The van der Waals surface area contributed by atoms with Crippen LogP contribution in [-0.4, -0.2) is 0 Å². The second kappa shape index (κ2) is 3.70. The second-order valence-corrected chi connectivity index (χ2v) is 4.34. The van der Waals surface area contributed by atoms with E-state index < -0.39 is 0 Å². The molecule has 1 aliphatic rings. The smallest absolute Gasteiger partial charge is 0.130 e. The quantitative estimate of drug-likeness (QED) is 0.679. The van der Waals surface area contributed by atoms with Crippen LogP contribution in [0.3, 0.4) is 0 Å². The average molecular weight is 226 g/mol. The third-order valence-electron chi connectivity index (χ3n) is 3.05. The summed E-state index contributed by atoms with van der Waals surface area (Å²) in [6.45, 7) is 0. The lowest BCUT2D eigenvalue weighted by Gasteiger charge is -2.09. The van der Waals surface area contributed by atoms with Gasteiger partial charge in [-0.05, 0) is 60.4 Å². The minimum Gasteiger partial charge on any atom is -0.457 e. The topological polar surface area (TPSA) is 61.3 Å². The zero-order chi connectivity index (χ0) is 11.8. The first kappa shape index (κ1) is 10.0. The summed E-state index contributed by atoms with van der Waals surface area (Å²) in [5, 5.41) is 0. The molecule has 0 fully saturated rings. The van der Waals surface area contributed by atoms with Crippen molar-refractivity contribution in [3.8, 4) is 11.5 Å². The third-order valence-corrected chi connectivity index (χ3v) is 3.05. The molecule has 0 aliphatic carbocycles.